The number of rotatable bonds is 14. The van der Waals surface area contributed by atoms with Gasteiger partial charge in [0, 0.05) is 19.3 Å². The number of carbonyl (C=O) groups is 3. The van der Waals surface area contributed by atoms with Crippen LogP contribution in [0.1, 0.15) is 78.6 Å². The van der Waals surface area contributed by atoms with E-state index in [-0.39, 0.29) is 31.6 Å². The van der Waals surface area contributed by atoms with Crippen LogP contribution in [-0.4, -0.2) is 40.9 Å². The summed E-state index contributed by atoms with van der Waals surface area (Å²) < 4.78 is 10.2. The van der Waals surface area contributed by atoms with Gasteiger partial charge in [-0.3, -0.25) is 14.4 Å². The van der Waals surface area contributed by atoms with Gasteiger partial charge in [-0.15, -0.1) is 0 Å². The Hall–Kier alpha value is -2.01. The van der Waals surface area contributed by atoms with Gasteiger partial charge in [0.25, 0.3) is 0 Å². The number of hydrogen-bond donors (Lipinski definition) is 0. The second-order valence-electron chi connectivity index (χ2n) is 5.88. The van der Waals surface area contributed by atoms with Crippen LogP contribution in [0.4, 0.5) is 0 Å². The second kappa shape index (κ2) is 14.3. The average molecular weight is 354 g/mol. The van der Waals surface area contributed by atoms with Gasteiger partial charge in [0.1, 0.15) is 6.61 Å². The van der Waals surface area contributed by atoms with Crippen LogP contribution < -0.4 is 0 Å². The fourth-order valence-electron chi connectivity index (χ4n) is 2.18. The van der Waals surface area contributed by atoms with Crippen molar-refractivity contribution in [2.45, 2.75) is 84.7 Å². The first kappa shape index (κ1) is 23.0. The molecule has 0 aliphatic heterocycles. The molecule has 0 aromatic heterocycles. The zero-order valence-corrected chi connectivity index (χ0v) is 15.6. The number of Topliss-reactive ketones (excluding diaryl/α,β-unsaturated/α-hetero) is 1. The normalized spacial score (nSPS) is 11.3. The first-order valence-corrected chi connectivity index (χ1v) is 9.10. The summed E-state index contributed by atoms with van der Waals surface area (Å²) in [7, 11) is 0. The Balaban J connectivity index is 4.91. The van der Waals surface area contributed by atoms with Gasteiger partial charge in [-0.2, -0.15) is 4.79 Å². The lowest BCUT2D eigenvalue weighted by Crippen LogP contribution is -2.38. The third-order valence-electron chi connectivity index (χ3n) is 3.53. The molecule has 0 aromatic carbocycles. The molecule has 7 heteroatoms. The van der Waals surface area contributed by atoms with Crippen LogP contribution in [0.5, 0.6) is 0 Å². The Bertz CT molecular complexity index is 484. The molecule has 0 bridgehead atoms. The van der Waals surface area contributed by atoms with Gasteiger partial charge in [-0.05, 0) is 19.3 Å². The number of unbranched alkanes of at least 4 members (excludes halogenated alkanes) is 3. The summed E-state index contributed by atoms with van der Waals surface area (Å²) in [5, 5.41) is 0. The van der Waals surface area contributed by atoms with Crippen molar-refractivity contribution in [2.24, 2.45) is 0 Å². The van der Waals surface area contributed by atoms with Crippen molar-refractivity contribution in [3.8, 4) is 0 Å². The SMILES string of the molecule is CCCCCCC(=O)C(=[N+]=[N-])C(COC(=O)CCC)OC(=O)CCC. The second-order valence-corrected chi connectivity index (χ2v) is 5.88. The summed E-state index contributed by atoms with van der Waals surface area (Å²) in [5.41, 5.74) is 8.94. The van der Waals surface area contributed by atoms with Crippen LogP contribution in [-0.2, 0) is 23.9 Å². The fraction of sp³-hybridized carbons (Fsp3) is 0.778. The molecule has 0 aromatic rings. The van der Waals surface area contributed by atoms with E-state index in [0.29, 0.717) is 19.3 Å². The molecule has 0 rings (SSSR count). The highest BCUT2D eigenvalue weighted by molar-refractivity contribution is 6.39. The predicted molar refractivity (Wildman–Crippen MR) is 93.0 cm³/mol. The van der Waals surface area contributed by atoms with Crippen molar-refractivity contribution in [1.82, 2.24) is 0 Å². The quantitative estimate of drug-likeness (QED) is 0.156. The summed E-state index contributed by atoms with van der Waals surface area (Å²) >= 11 is 0. The maximum Gasteiger partial charge on any atom is 0.378 e. The maximum absolute atomic E-state index is 12.3. The summed E-state index contributed by atoms with van der Waals surface area (Å²) in [4.78, 5) is 38.6. The molecule has 0 saturated heterocycles. The molecule has 0 aliphatic carbocycles. The zero-order valence-electron chi connectivity index (χ0n) is 15.6. The van der Waals surface area contributed by atoms with E-state index < -0.39 is 23.8 Å². The minimum Gasteiger partial charge on any atom is -0.461 e. The topological polar surface area (TPSA) is 106 Å². The van der Waals surface area contributed by atoms with Gasteiger partial charge < -0.3 is 15.0 Å². The lowest BCUT2D eigenvalue weighted by molar-refractivity contribution is -0.157. The van der Waals surface area contributed by atoms with Crippen molar-refractivity contribution in [2.75, 3.05) is 6.61 Å². The number of ketones is 1. The molecule has 0 heterocycles. The first-order chi connectivity index (χ1) is 12.0. The van der Waals surface area contributed by atoms with Crippen LogP contribution in [0, 0.1) is 0 Å². The number of carbonyl (C=O) groups excluding carboxylic acids is 3. The molecule has 0 spiro atoms. The van der Waals surface area contributed by atoms with Crippen LogP contribution in [0.3, 0.4) is 0 Å². The fourth-order valence-corrected chi connectivity index (χ4v) is 2.18. The zero-order chi connectivity index (χ0) is 19.1. The number of hydrogen-bond acceptors (Lipinski definition) is 5. The standard InChI is InChI=1S/C18H30N2O5/c1-4-7-8-9-12-14(21)18(20-19)15(25-17(23)11-6-3)13-24-16(22)10-5-2/h15H,4-13H2,1-3H3. The van der Waals surface area contributed by atoms with Crippen molar-refractivity contribution in [3.63, 3.8) is 0 Å². The lowest BCUT2D eigenvalue weighted by atomic mass is 10.0. The summed E-state index contributed by atoms with van der Waals surface area (Å²) in [6.45, 7) is 5.39. The summed E-state index contributed by atoms with van der Waals surface area (Å²) in [6.07, 6.45) is 4.24. The van der Waals surface area contributed by atoms with Gasteiger partial charge in [-0.25, -0.2) is 0 Å². The third-order valence-corrected chi connectivity index (χ3v) is 3.53. The van der Waals surface area contributed by atoms with E-state index in [0.717, 1.165) is 19.3 Å². The van der Waals surface area contributed by atoms with E-state index in [1.54, 1.807) is 0 Å². The van der Waals surface area contributed by atoms with Gasteiger partial charge in [0.2, 0.25) is 11.9 Å². The third kappa shape index (κ3) is 10.5. The highest BCUT2D eigenvalue weighted by Crippen LogP contribution is 2.08. The monoisotopic (exact) mass is 354 g/mol. The van der Waals surface area contributed by atoms with E-state index in [9.17, 15) is 19.9 Å². The van der Waals surface area contributed by atoms with E-state index in [2.05, 4.69) is 11.7 Å². The van der Waals surface area contributed by atoms with E-state index >= 15 is 0 Å². The average Bonchev–Trinajstić information content (AvgIpc) is 2.57. The van der Waals surface area contributed by atoms with E-state index in [1.165, 1.54) is 0 Å². The Morgan fingerprint density at radius 1 is 0.880 bits per heavy atom. The van der Waals surface area contributed by atoms with Crippen LogP contribution in [0.15, 0.2) is 0 Å². The van der Waals surface area contributed by atoms with Gasteiger partial charge in [0.05, 0.1) is 0 Å². The summed E-state index contributed by atoms with van der Waals surface area (Å²) in [5.74, 6) is -1.38. The first-order valence-electron chi connectivity index (χ1n) is 9.10. The van der Waals surface area contributed by atoms with Crippen molar-refractivity contribution in [3.05, 3.63) is 5.53 Å². The van der Waals surface area contributed by atoms with E-state index in [4.69, 9.17) is 9.47 Å². The minimum atomic E-state index is -1.18. The Kier molecular flexibility index (Phi) is 13.2. The largest absolute Gasteiger partial charge is 0.461 e. The minimum absolute atomic E-state index is 0.169. The number of nitrogens with zero attached hydrogens (tertiary/aromatic N) is 2. The van der Waals surface area contributed by atoms with Gasteiger partial charge in [-0.1, -0.05) is 40.0 Å². The van der Waals surface area contributed by atoms with Gasteiger partial charge in [0.15, 0.2) is 0 Å². The Morgan fingerprint density at radius 3 is 2.08 bits per heavy atom. The highest BCUT2D eigenvalue weighted by atomic mass is 16.6. The molecule has 7 nitrogen and oxygen atoms in total. The van der Waals surface area contributed by atoms with Gasteiger partial charge >= 0.3 is 17.7 Å². The predicted octanol–water partition coefficient (Wildman–Crippen LogP) is 3.25. The highest BCUT2D eigenvalue weighted by Gasteiger charge is 2.34. The van der Waals surface area contributed by atoms with Crippen molar-refractivity contribution in [1.29, 1.82) is 0 Å². The van der Waals surface area contributed by atoms with Crippen LogP contribution in [0.25, 0.3) is 5.53 Å². The van der Waals surface area contributed by atoms with E-state index in [1.807, 2.05) is 13.8 Å². The Labute approximate surface area is 149 Å². The van der Waals surface area contributed by atoms with Crippen molar-refractivity contribution < 1.29 is 28.6 Å². The molecule has 0 N–H and O–H groups in total. The number of ether oxygens (including phenoxy) is 2. The molecule has 25 heavy (non-hydrogen) atoms. The smallest absolute Gasteiger partial charge is 0.378 e. The lowest BCUT2D eigenvalue weighted by Gasteiger charge is -2.14. The molecule has 1 atom stereocenters. The van der Waals surface area contributed by atoms with Crippen molar-refractivity contribution >= 4 is 23.4 Å². The molecule has 0 saturated carbocycles. The molecule has 0 aliphatic rings. The molecule has 0 amide bonds. The maximum atomic E-state index is 12.3. The summed E-state index contributed by atoms with van der Waals surface area (Å²) in [6, 6.07) is 0. The molecule has 0 radical (unpaired) electrons. The molecule has 0 fully saturated rings. The molecule has 1 unspecified atom stereocenters. The van der Waals surface area contributed by atoms with Crippen LogP contribution in [0.2, 0.25) is 0 Å². The number of esters is 2. The Morgan fingerprint density at radius 2 is 1.52 bits per heavy atom. The van der Waals surface area contributed by atoms with Crippen LogP contribution >= 0.6 is 0 Å². The molecular formula is C18H30N2O5. The molecule has 142 valence electrons. The molecular weight excluding hydrogens is 324 g/mol.